The minimum Gasteiger partial charge on any atom is -0.444 e. The van der Waals surface area contributed by atoms with Crippen molar-refractivity contribution in [3.63, 3.8) is 0 Å². The van der Waals surface area contributed by atoms with Crippen LogP contribution in [0, 0.1) is 11.3 Å². The van der Waals surface area contributed by atoms with Crippen molar-refractivity contribution < 1.29 is 4.42 Å². The van der Waals surface area contributed by atoms with Crippen LogP contribution in [0.2, 0.25) is 0 Å². The molecule has 0 unspecified atom stereocenters. The Bertz CT molecular complexity index is 715. The molecule has 0 atom stereocenters. The molecule has 0 bridgehead atoms. The molecule has 3 rings (SSSR count). The van der Waals surface area contributed by atoms with Gasteiger partial charge >= 0.3 is 0 Å². The van der Waals surface area contributed by atoms with Crippen molar-refractivity contribution >= 4 is 5.82 Å². The molecule has 0 amide bonds. The second kappa shape index (κ2) is 6.62. The maximum absolute atomic E-state index is 8.84. The SMILES string of the molecule is CC(C)(C)c1cnc(CN2CCN(c3ccc(C#N)cn3)CC2)o1. The van der Waals surface area contributed by atoms with Gasteiger partial charge in [-0.3, -0.25) is 4.90 Å². The molecule has 3 heterocycles. The summed E-state index contributed by atoms with van der Waals surface area (Å²) in [7, 11) is 0. The lowest BCUT2D eigenvalue weighted by atomic mass is 9.94. The Morgan fingerprint density at radius 2 is 1.88 bits per heavy atom. The van der Waals surface area contributed by atoms with Crippen LogP contribution in [0.25, 0.3) is 0 Å². The Morgan fingerprint density at radius 1 is 1.12 bits per heavy atom. The van der Waals surface area contributed by atoms with Gasteiger partial charge in [0, 0.05) is 37.8 Å². The summed E-state index contributed by atoms with van der Waals surface area (Å²) in [4.78, 5) is 13.4. The molecule has 0 spiro atoms. The first kappa shape index (κ1) is 16.5. The normalized spacial score (nSPS) is 16.2. The van der Waals surface area contributed by atoms with Gasteiger partial charge in [0.1, 0.15) is 17.6 Å². The van der Waals surface area contributed by atoms with Crippen molar-refractivity contribution in [2.24, 2.45) is 0 Å². The summed E-state index contributed by atoms with van der Waals surface area (Å²) in [5, 5.41) is 8.84. The largest absolute Gasteiger partial charge is 0.444 e. The highest BCUT2D eigenvalue weighted by Gasteiger charge is 2.22. The minimum atomic E-state index is -0.00872. The monoisotopic (exact) mass is 325 g/mol. The van der Waals surface area contributed by atoms with Crippen LogP contribution in [-0.2, 0) is 12.0 Å². The Labute approximate surface area is 142 Å². The third-order valence-electron chi connectivity index (χ3n) is 4.22. The van der Waals surface area contributed by atoms with Gasteiger partial charge in [-0.2, -0.15) is 5.26 Å². The zero-order chi connectivity index (χ0) is 17.2. The molecule has 6 heteroatoms. The molecule has 1 aliphatic rings. The average molecular weight is 325 g/mol. The predicted molar refractivity (Wildman–Crippen MR) is 91.6 cm³/mol. The standard InChI is InChI=1S/C18H23N5O/c1-18(2,3)15-12-21-17(24-15)13-22-6-8-23(9-7-22)16-5-4-14(10-19)11-20-16/h4-5,11-12H,6-9,13H2,1-3H3. The number of nitriles is 1. The number of rotatable bonds is 3. The first-order valence-electron chi connectivity index (χ1n) is 8.24. The fourth-order valence-corrected chi connectivity index (χ4v) is 2.70. The van der Waals surface area contributed by atoms with Crippen LogP contribution in [0.3, 0.4) is 0 Å². The van der Waals surface area contributed by atoms with E-state index in [-0.39, 0.29) is 5.41 Å². The van der Waals surface area contributed by atoms with Crippen molar-refractivity contribution in [2.45, 2.75) is 32.7 Å². The molecular formula is C18H23N5O. The van der Waals surface area contributed by atoms with E-state index in [9.17, 15) is 0 Å². The number of hydrogen-bond acceptors (Lipinski definition) is 6. The molecule has 2 aromatic heterocycles. The van der Waals surface area contributed by atoms with Crippen LogP contribution in [0.1, 0.15) is 38.0 Å². The van der Waals surface area contributed by atoms with Gasteiger partial charge in [0.15, 0.2) is 0 Å². The van der Waals surface area contributed by atoms with Crippen molar-refractivity contribution in [1.29, 1.82) is 5.26 Å². The number of oxazole rings is 1. The first-order chi connectivity index (χ1) is 11.5. The second-order valence-corrected chi connectivity index (χ2v) is 7.15. The van der Waals surface area contributed by atoms with Gasteiger partial charge in [-0.1, -0.05) is 20.8 Å². The minimum absolute atomic E-state index is 0.00872. The summed E-state index contributed by atoms with van der Waals surface area (Å²) in [6.07, 6.45) is 3.47. The molecule has 24 heavy (non-hydrogen) atoms. The molecule has 0 saturated carbocycles. The quantitative estimate of drug-likeness (QED) is 0.864. The molecular weight excluding hydrogens is 302 g/mol. The molecule has 126 valence electrons. The van der Waals surface area contributed by atoms with Gasteiger partial charge in [-0.25, -0.2) is 9.97 Å². The van der Waals surface area contributed by atoms with Crippen LogP contribution in [0.15, 0.2) is 28.9 Å². The molecule has 0 aliphatic carbocycles. The van der Waals surface area contributed by atoms with Crippen molar-refractivity contribution in [2.75, 3.05) is 31.1 Å². The van der Waals surface area contributed by atoms with Gasteiger partial charge < -0.3 is 9.32 Å². The Hall–Kier alpha value is -2.39. The summed E-state index contributed by atoms with van der Waals surface area (Å²) in [6, 6.07) is 5.83. The van der Waals surface area contributed by atoms with Gasteiger partial charge in [0.25, 0.3) is 0 Å². The third-order valence-corrected chi connectivity index (χ3v) is 4.22. The summed E-state index contributed by atoms with van der Waals surface area (Å²) in [5.74, 6) is 2.64. The fourth-order valence-electron chi connectivity index (χ4n) is 2.70. The molecule has 0 aromatic carbocycles. The van der Waals surface area contributed by atoms with Crippen LogP contribution in [0.4, 0.5) is 5.82 Å². The van der Waals surface area contributed by atoms with Crippen molar-refractivity contribution in [3.8, 4) is 6.07 Å². The highest BCUT2D eigenvalue weighted by atomic mass is 16.4. The Morgan fingerprint density at radius 3 is 2.42 bits per heavy atom. The van der Waals surface area contributed by atoms with E-state index >= 15 is 0 Å². The maximum Gasteiger partial charge on any atom is 0.208 e. The number of hydrogen-bond donors (Lipinski definition) is 0. The van der Waals surface area contributed by atoms with E-state index in [2.05, 4.69) is 46.6 Å². The number of piperazine rings is 1. The Kier molecular flexibility index (Phi) is 4.54. The zero-order valence-electron chi connectivity index (χ0n) is 14.5. The van der Waals surface area contributed by atoms with Gasteiger partial charge in [0.05, 0.1) is 18.3 Å². The Balaban J connectivity index is 1.55. The molecule has 1 aliphatic heterocycles. The number of pyridine rings is 1. The van der Waals surface area contributed by atoms with E-state index in [0.29, 0.717) is 5.56 Å². The lowest BCUT2D eigenvalue weighted by Crippen LogP contribution is -2.46. The topological polar surface area (TPSA) is 69.2 Å². The lowest BCUT2D eigenvalue weighted by molar-refractivity contribution is 0.220. The van der Waals surface area contributed by atoms with Crippen LogP contribution < -0.4 is 4.90 Å². The van der Waals surface area contributed by atoms with Crippen molar-refractivity contribution in [1.82, 2.24) is 14.9 Å². The summed E-state index contributed by atoms with van der Waals surface area (Å²) in [5.41, 5.74) is 0.585. The molecule has 1 saturated heterocycles. The molecule has 0 radical (unpaired) electrons. The van der Waals surface area contributed by atoms with Crippen molar-refractivity contribution in [3.05, 3.63) is 41.7 Å². The summed E-state index contributed by atoms with van der Waals surface area (Å²) < 4.78 is 5.88. The molecule has 0 N–H and O–H groups in total. The van der Waals surface area contributed by atoms with Gasteiger partial charge in [-0.05, 0) is 12.1 Å². The van der Waals surface area contributed by atoms with E-state index in [1.807, 2.05) is 18.3 Å². The van der Waals surface area contributed by atoms with E-state index in [4.69, 9.17) is 9.68 Å². The summed E-state index contributed by atoms with van der Waals surface area (Å²) in [6.45, 7) is 10.8. The zero-order valence-corrected chi connectivity index (χ0v) is 14.5. The van der Waals surface area contributed by atoms with E-state index < -0.39 is 0 Å². The highest BCUT2D eigenvalue weighted by Crippen LogP contribution is 2.23. The average Bonchev–Trinajstić information content (AvgIpc) is 3.05. The fraction of sp³-hybridized carbons (Fsp3) is 0.500. The highest BCUT2D eigenvalue weighted by molar-refractivity contribution is 5.42. The van der Waals surface area contributed by atoms with E-state index in [1.54, 1.807) is 6.20 Å². The number of aromatic nitrogens is 2. The molecule has 2 aromatic rings. The first-order valence-corrected chi connectivity index (χ1v) is 8.24. The van der Waals surface area contributed by atoms with Crippen LogP contribution in [0.5, 0.6) is 0 Å². The predicted octanol–water partition coefficient (Wildman–Crippen LogP) is 2.56. The van der Waals surface area contributed by atoms with Crippen LogP contribution >= 0.6 is 0 Å². The van der Waals surface area contributed by atoms with Gasteiger partial charge in [-0.15, -0.1) is 0 Å². The van der Waals surface area contributed by atoms with E-state index in [1.165, 1.54) is 0 Å². The lowest BCUT2D eigenvalue weighted by Gasteiger charge is -2.34. The van der Waals surface area contributed by atoms with Gasteiger partial charge in [0.2, 0.25) is 5.89 Å². The van der Waals surface area contributed by atoms with E-state index in [0.717, 1.165) is 50.2 Å². The number of nitrogens with zero attached hydrogens (tertiary/aromatic N) is 5. The second-order valence-electron chi connectivity index (χ2n) is 7.15. The van der Waals surface area contributed by atoms with Crippen LogP contribution in [-0.4, -0.2) is 41.0 Å². The smallest absolute Gasteiger partial charge is 0.208 e. The molecule has 1 fully saturated rings. The molecule has 6 nitrogen and oxygen atoms in total. The number of anilines is 1. The third kappa shape index (κ3) is 3.74. The summed E-state index contributed by atoms with van der Waals surface area (Å²) >= 11 is 0. The maximum atomic E-state index is 8.84.